The summed E-state index contributed by atoms with van der Waals surface area (Å²) in [7, 11) is 1.87. The van der Waals surface area contributed by atoms with E-state index < -0.39 is 5.41 Å². The molecule has 136 valence electrons. The molecular formula is C20H20N6O. The number of fused-ring (bicyclic) bond motifs is 1. The average molecular weight is 360 g/mol. The summed E-state index contributed by atoms with van der Waals surface area (Å²) in [5, 5.41) is 18.7. The van der Waals surface area contributed by atoms with Crippen LogP contribution in [0.1, 0.15) is 19.8 Å². The van der Waals surface area contributed by atoms with Gasteiger partial charge in [-0.25, -0.2) is 4.52 Å². The molecule has 0 radical (unpaired) electrons. The van der Waals surface area contributed by atoms with Crippen LogP contribution in [0, 0.1) is 28.6 Å². The van der Waals surface area contributed by atoms with Crippen LogP contribution in [-0.4, -0.2) is 31.8 Å². The van der Waals surface area contributed by atoms with Gasteiger partial charge < -0.3 is 4.90 Å². The minimum atomic E-state index is -0.876. The first-order valence-electron chi connectivity index (χ1n) is 9.25. The molecule has 7 heteroatoms. The third-order valence-electron chi connectivity index (χ3n) is 6.01. The van der Waals surface area contributed by atoms with Crippen molar-refractivity contribution in [3.63, 3.8) is 0 Å². The number of nitriles is 1. The van der Waals surface area contributed by atoms with Crippen molar-refractivity contribution in [2.45, 2.75) is 19.8 Å². The van der Waals surface area contributed by atoms with Crippen molar-refractivity contribution in [1.82, 2.24) is 19.4 Å². The number of carbonyl (C=O) groups excluding carboxylic acids is 1. The Labute approximate surface area is 156 Å². The van der Waals surface area contributed by atoms with Gasteiger partial charge in [0.25, 0.3) is 0 Å². The largest absolute Gasteiger partial charge is 0.309 e. The van der Waals surface area contributed by atoms with E-state index in [2.05, 4.69) is 16.3 Å². The average Bonchev–Trinajstić information content (AvgIpc) is 3.16. The fraction of sp³-hybridized carbons (Fsp3) is 0.400. The number of aromatic nitrogens is 4. The molecule has 2 atom stereocenters. The van der Waals surface area contributed by atoms with Crippen LogP contribution in [-0.2, 0) is 11.8 Å². The van der Waals surface area contributed by atoms with Crippen LogP contribution in [0.25, 0.3) is 16.8 Å². The molecule has 0 spiro atoms. The summed E-state index contributed by atoms with van der Waals surface area (Å²) in [6, 6.07) is 8.21. The highest BCUT2D eigenvalue weighted by atomic mass is 16.2. The summed E-state index contributed by atoms with van der Waals surface area (Å²) < 4.78 is 3.53. The molecule has 1 saturated carbocycles. The van der Waals surface area contributed by atoms with E-state index in [-0.39, 0.29) is 17.7 Å². The summed E-state index contributed by atoms with van der Waals surface area (Å²) in [5.74, 6) is 0.159. The van der Waals surface area contributed by atoms with Gasteiger partial charge >= 0.3 is 0 Å². The van der Waals surface area contributed by atoms with Gasteiger partial charge in [-0.3, -0.25) is 9.48 Å². The Morgan fingerprint density at radius 2 is 2.19 bits per heavy atom. The summed E-state index contributed by atoms with van der Waals surface area (Å²) >= 11 is 0. The van der Waals surface area contributed by atoms with Crippen molar-refractivity contribution in [2.75, 3.05) is 11.4 Å². The minimum Gasteiger partial charge on any atom is -0.309 e. The zero-order chi connectivity index (χ0) is 18.8. The number of anilines is 1. The summed E-state index contributed by atoms with van der Waals surface area (Å²) in [4.78, 5) is 15.1. The number of nitrogens with zero attached hydrogens (tertiary/aromatic N) is 6. The Hall–Kier alpha value is -3.14. The molecule has 5 rings (SSSR count). The van der Waals surface area contributed by atoms with Crippen molar-refractivity contribution in [3.05, 3.63) is 36.8 Å². The van der Waals surface area contributed by atoms with E-state index in [1.165, 1.54) is 0 Å². The van der Waals surface area contributed by atoms with E-state index in [9.17, 15) is 10.1 Å². The predicted molar refractivity (Wildman–Crippen MR) is 99.7 cm³/mol. The molecule has 27 heavy (non-hydrogen) atoms. The quantitative estimate of drug-likeness (QED) is 0.719. The number of rotatable bonds is 3. The zero-order valence-electron chi connectivity index (χ0n) is 15.3. The van der Waals surface area contributed by atoms with Gasteiger partial charge in [0.15, 0.2) is 0 Å². The van der Waals surface area contributed by atoms with E-state index in [4.69, 9.17) is 0 Å². The highest BCUT2D eigenvalue weighted by Crippen LogP contribution is 2.54. The fourth-order valence-corrected chi connectivity index (χ4v) is 4.43. The van der Waals surface area contributed by atoms with Crippen molar-refractivity contribution in [1.29, 1.82) is 5.26 Å². The van der Waals surface area contributed by atoms with Gasteiger partial charge in [0.1, 0.15) is 5.41 Å². The lowest BCUT2D eigenvalue weighted by atomic mass is 9.75. The maximum atomic E-state index is 13.3. The van der Waals surface area contributed by atoms with Crippen molar-refractivity contribution < 1.29 is 4.79 Å². The number of carbonyl (C=O) groups is 1. The highest BCUT2D eigenvalue weighted by Gasteiger charge is 2.61. The lowest BCUT2D eigenvalue weighted by Gasteiger charge is -2.23. The highest BCUT2D eigenvalue weighted by molar-refractivity contribution is 6.05. The first-order chi connectivity index (χ1) is 13.0. The second-order valence-electron chi connectivity index (χ2n) is 7.73. The Balaban J connectivity index is 1.60. The summed E-state index contributed by atoms with van der Waals surface area (Å²) in [6.45, 7) is 2.59. The van der Waals surface area contributed by atoms with E-state index in [0.29, 0.717) is 6.54 Å². The van der Waals surface area contributed by atoms with Crippen LogP contribution in [0.5, 0.6) is 0 Å². The molecule has 1 aliphatic carbocycles. The Kier molecular flexibility index (Phi) is 3.23. The molecule has 1 amide bonds. The Morgan fingerprint density at radius 3 is 2.85 bits per heavy atom. The molecule has 1 aliphatic heterocycles. The normalized spacial score (nSPS) is 25.3. The van der Waals surface area contributed by atoms with E-state index in [0.717, 1.165) is 35.3 Å². The van der Waals surface area contributed by atoms with Crippen LogP contribution in [0.3, 0.4) is 0 Å². The number of hydrogen-bond donors (Lipinski definition) is 0. The number of hydrogen-bond acceptors (Lipinski definition) is 4. The zero-order valence-corrected chi connectivity index (χ0v) is 15.3. The van der Waals surface area contributed by atoms with Crippen LogP contribution >= 0.6 is 0 Å². The maximum absolute atomic E-state index is 13.3. The smallest absolute Gasteiger partial charge is 0.248 e. The summed E-state index contributed by atoms with van der Waals surface area (Å²) in [5.41, 5.74) is 2.54. The molecule has 1 saturated heterocycles. The van der Waals surface area contributed by atoms with Crippen LogP contribution < -0.4 is 4.90 Å². The second kappa shape index (κ2) is 5.43. The van der Waals surface area contributed by atoms with Gasteiger partial charge in [-0.1, -0.05) is 6.92 Å². The van der Waals surface area contributed by atoms with Crippen molar-refractivity contribution in [2.24, 2.45) is 24.3 Å². The molecule has 2 aliphatic rings. The van der Waals surface area contributed by atoms with Gasteiger partial charge in [0.05, 0.1) is 29.2 Å². The monoisotopic (exact) mass is 360 g/mol. The van der Waals surface area contributed by atoms with Gasteiger partial charge in [-0.2, -0.15) is 15.5 Å². The summed E-state index contributed by atoms with van der Waals surface area (Å²) in [6.07, 6.45) is 7.51. The van der Waals surface area contributed by atoms with E-state index in [1.54, 1.807) is 20.3 Å². The molecule has 2 fully saturated rings. The standard InChI is InChI=1S/C20H20N6O/c1-13-10-25(19(27)20(13,12-21)15-5-6-15)17-4-3-7-26-18(17)8-16(23-26)14-9-22-24(2)11-14/h3-4,7-9,11,13,15H,5-6,10H2,1-2H3/t13-,20+/m1/s1. The van der Waals surface area contributed by atoms with E-state index >= 15 is 0 Å². The number of aryl methyl sites for hydroxylation is 1. The molecular weight excluding hydrogens is 340 g/mol. The molecule has 0 unspecified atom stereocenters. The SMILES string of the molecule is C[C@@H]1CN(c2cccn3nc(-c4cnn(C)c4)cc23)C(=O)[C@]1(C#N)C1CC1. The van der Waals surface area contributed by atoms with Crippen LogP contribution in [0.15, 0.2) is 36.8 Å². The van der Waals surface area contributed by atoms with Crippen molar-refractivity contribution >= 4 is 17.1 Å². The molecule has 0 N–H and O–H groups in total. The van der Waals surface area contributed by atoms with Gasteiger partial charge in [-0.05, 0) is 37.0 Å². The van der Waals surface area contributed by atoms with Crippen molar-refractivity contribution in [3.8, 4) is 17.3 Å². The van der Waals surface area contributed by atoms with Gasteiger partial charge in [0, 0.05) is 37.5 Å². The first-order valence-corrected chi connectivity index (χ1v) is 9.25. The van der Waals surface area contributed by atoms with E-state index in [1.807, 2.05) is 44.6 Å². The number of pyridine rings is 1. The minimum absolute atomic E-state index is 0.0171. The molecule has 3 aromatic rings. The first kappa shape index (κ1) is 16.1. The lowest BCUT2D eigenvalue weighted by molar-refractivity contribution is -0.124. The molecule has 7 nitrogen and oxygen atoms in total. The predicted octanol–water partition coefficient (Wildman–Crippen LogP) is 2.64. The topological polar surface area (TPSA) is 79.2 Å². The van der Waals surface area contributed by atoms with Gasteiger partial charge in [0.2, 0.25) is 5.91 Å². The second-order valence-corrected chi connectivity index (χ2v) is 7.73. The maximum Gasteiger partial charge on any atom is 0.248 e. The third kappa shape index (κ3) is 2.16. The van der Waals surface area contributed by atoms with Crippen LogP contribution in [0.4, 0.5) is 5.69 Å². The molecule has 3 aromatic heterocycles. The number of amides is 1. The Bertz CT molecular complexity index is 1100. The third-order valence-corrected chi connectivity index (χ3v) is 6.01. The Morgan fingerprint density at radius 1 is 1.37 bits per heavy atom. The molecule has 4 heterocycles. The molecule has 0 aromatic carbocycles. The van der Waals surface area contributed by atoms with Gasteiger partial charge in [-0.15, -0.1) is 0 Å². The van der Waals surface area contributed by atoms with Crippen LogP contribution in [0.2, 0.25) is 0 Å². The fourth-order valence-electron chi connectivity index (χ4n) is 4.43. The lowest BCUT2D eigenvalue weighted by Crippen LogP contribution is -2.37. The molecule has 0 bridgehead atoms.